The van der Waals surface area contributed by atoms with Crippen LogP contribution in [0.4, 0.5) is 0 Å². The van der Waals surface area contributed by atoms with Gasteiger partial charge in [0.25, 0.3) is 0 Å². The molecule has 0 amide bonds. The molecule has 8 heteroatoms. The van der Waals surface area contributed by atoms with Crippen molar-refractivity contribution in [3.05, 3.63) is 93.0 Å². The minimum atomic E-state index is -1.01. The molecule has 2 N–H and O–H groups in total. The van der Waals surface area contributed by atoms with Crippen LogP contribution in [-0.4, -0.2) is 22.2 Å². The second kappa shape index (κ2) is 9.52. The highest BCUT2D eigenvalue weighted by Gasteiger charge is 2.31. The number of halogens is 2. The Labute approximate surface area is 182 Å². The largest absolute Gasteiger partial charge is 0.505 e. The topological polar surface area (TPSA) is 93.1 Å². The van der Waals surface area contributed by atoms with Gasteiger partial charge in [-0.25, -0.2) is 9.59 Å². The van der Waals surface area contributed by atoms with E-state index in [1.807, 2.05) is 0 Å². The number of ether oxygens (including phenoxy) is 2. The molecule has 6 nitrogen and oxygen atoms in total. The molecule has 0 spiro atoms. The summed E-state index contributed by atoms with van der Waals surface area (Å²) in [6.07, 6.45) is 0. The number of rotatable bonds is 6. The maximum absolute atomic E-state index is 12.4. The van der Waals surface area contributed by atoms with E-state index in [1.54, 1.807) is 60.7 Å². The maximum Gasteiger partial charge on any atom is 0.343 e. The highest BCUT2D eigenvalue weighted by atomic mass is 35.5. The molecule has 0 aromatic heterocycles. The lowest BCUT2D eigenvalue weighted by Gasteiger charge is -2.14. The molecule has 0 radical (unpaired) electrons. The first-order chi connectivity index (χ1) is 14.4. The van der Waals surface area contributed by atoms with Gasteiger partial charge < -0.3 is 19.7 Å². The molecule has 0 heterocycles. The van der Waals surface area contributed by atoms with Crippen molar-refractivity contribution in [3.63, 3.8) is 0 Å². The summed E-state index contributed by atoms with van der Waals surface area (Å²) in [5, 5.41) is 19.6. The molecule has 3 aromatic carbocycles. The predicted molar refractivity (Wildman–Crippen MR) is 111 cm³/mol. The van der Waals surface area contributed by atoms with Crippen LogP contribution in [0.25, 0.3) is 0 Å². The normalized spacial score (nSPS) is 10.5. The SMILES string of the molecule is O=C(OCc1ccccc1)c1c(O)c(Cl)c(C(=O)OCc2ccccc2)c(O)c1Cl. The van der Waals surface area contributed by atoms with Gasteiger partial charge >= 0.3 is 11.9 Å². The number of aromatic hydroxyl groups is 2. The van der Waals surface area contributed by atoms with E-state index in [-0.39, 0.29) is 13.2 Å². The zero-order valence-electron chi connectivity index (χ0n) is 15.5. The molecule has 0 saturated heterocycles. The van der Waals surface area contributed by atoms with Gasteiger partial charge in [-0.1, -0.05) is 83.9 Å². The summed E-state index contributed by atoms with van der Waals surface area (Å²) in [6.45, 7) is -0.177. The molecule has 0 aliphatic heterocycles. The van der Waals surface area contributed by atoms with Gasteiger partial charge in [-0.3, -0.25) is 0 Å². The number of phenolic OH excluding ortho intramolecular Hbond substituents is 2. The quantitative estimate of drug-likeness (QED) is 0.403. The van der Waals surface area contributed by atoms with Gasteiger partial charge in [-0.05, 0) is 11.1 Å². The van der Waals surface area contributed by atoms with Gasteiger partial charge in [0, 0.05) is 0 Å². The lowest BCUT2D eigenvalue weighted by molar-refractivity contribution is 0.0452. The van der Waals surface area contributed by atoms with E-state index in [9.17, 15) is 19.8 Å². The van der Waals surface area contributed by atoms with Crippen LogP contribution in [0.15, 0.2) is 60.7 Å². The smallest absolute Gasteiger partial charge is 0.343 e. The molecule has 0 fully saturated rings. The van der Waals surface area contributed by atoms with E-state index in [0.29, 0.717) is 11.1 Å². The predicted octanol–water partition coefficient (Wildman–Crippen LogP) is 5.12. The third-order valence-corrected chi connectivity index (χ3v) is 4.90. The van der Waals surface area contributed by atoms with Crippen molar-refractivity contribution in [1.29, 1.82) is 0 Å². The third-order valence-electron chi connectivity index (χ3n) is 4.16. The highest BCUT2D eigenvalue weighted by molar-refractivity contribution is 6.40. The first-order valence-electron chi connectivity index (χ1n) is 8.75. The molecule has 0 unspecified atom stereocenters. The summed E-state index contributed by atoms with van der Waals surface area (Å²) in [5.74, 6) is -3.60. The van der Waals surface area contributed by atoms with Gasteiger partial charge in [0.05, 0.1) is 0 Å². The van der Waals surface area contributed by atoms with Crippen LogP contribution in [0.2, 0.25) is 10.0 Å². The molecule has 0 atom stereocenters. The number of carbonyl (C=O) groups is 2. The Morgan fingerprint density at radius 2 is 1.00 bits per heavy atom. The first kappa shape index (κ1) is 21.5. The van der Waals surface area contributed by atoms with E-state index in [2.05, 4.69) is 0 Å². The van der Waals surface area contributed by atoms with Gasteiger partial charge in [-0.2, -0.15) is 0 Å². The molecule has 154 valence electrons. The van der Waals surface area contributed by atoms with Crippen molar-refractivity contribution in [2.45, 2.75) is 13.2 Å². The number of carbonyl (C=O) groups excluding carboxylic acids is 2. The second-order valence-corrected chi connectivity index (χ2v) is 6.95. The van der Waals surface area contributed by atoms with Crippen molar-refractivity contribution in [2.24, 2.45) is 0 Å². The molecule has 3 rings (SSSR count). The van der Waals surface area contributed by atoms with Crippen LogP contribution in [-0.2, 0) is 22.7 Å². The van der Waals surface area contributed by atoms with E-state index < -0.39 is 44.6 Å². The van der Waals surface area contributed by atoms with Crippen LogP contribution >= 0.6 is 23.2 Å². The lowest BCUT2D eigenvalue weighted by Crippen LogP contribution is -2.11. The fourth-order valence-electron chi connectivity index (χ4n) is 2.63. The van der Waals surface area contributed by atoms with Gasteiger partial charge in [0.1, 0.15) is 34.4 Å². The van der Waals surface area contributed by atoms with Crippen LogP contribution in [0, 0.1) is 0 Å². The van der Waals surface area contributed by atoms with Gasteiger partial charge in [0.2, 0.25) is 0 Å². The van der Waals surface area contributed by atoms with Crippen LogP contribution in [0.5, 0.6) is 11.5 Å². The minimum Gasteiger partial charge on any atom is -0.505 e. The van der Waals surface area contributed by atoms with Crippen LogP contribution < -0.4 is 0 Å². The Balaban J connectivity index is 1.82. The fourth-order valence-corrected chi connectivity index (χ4v) is 3.15. The molecular weight excluding hydrogens is 431 g/mol. The summed E-state index contributed by atoms with van der Waals surface area (Å²) in [7, 11) is 0. The van der Waals surface area contributed by atoms with E-state index in [1.165, 1.54) is 0 Å². The van der Waals surface area contributed by atoms with Crippen molar-refractivity contribution in [3.8, 4) is 11.5 Å². The summed E-state index contributed by atoms with van der Waals surface area (Å²) >= 11 is 12.1. The van der Waals surface area contributed by atoms with Crippen molar-refractivity contribution >= 4 is 35.1 Å². The van der Waals surface area contributed by atoms with Crippen molar-refractivity contribution in [1.82, 2.24) is 0 Å². The number of hydrogen-bond donors (Lipinski definition) is 2. The summed E-state index contributed by atoms with van der Waals surface area (Å²) in [5.41, 5.74) is 0.320. The third kappa shape index (κ3) is 4.67. The Morgan fingerprint density at radius 1 is 0.667 bits per heavy atom. The molecule has 3 aromatic rings. The Hall–Kier alpha value is -3.22. The number of phenols is 2. The number of esters is 2. The van der Waals surface area contributed by atoms with Gasteiger partial charge in [-0.15, -0.1) is 0 Å². The minimum absolute atomic E-state index is 0.0886. The Kier molecular flexibility index (Phi) is 6.82. The van der Waals surface area contributed by atoms with Crippen LogP contribution in [0.3, 0.4) is 0 Å². The Bertz CT molecular complexity index is 952. The van der Waals surface area contributed by atoms with Gasteiger partial charge in [0.15, 0.2) is 11.5 Å². The van der Waals surface area contributed by atoms with Crippen molar-refractivity contribution in [2.75, 3.05) is 0 Å². The highest BCUT2D eigenvalue weighted by Crippen LogP contribution is 2.44. The average Bonchev–Trinajstić information content (AvgIpc) is 2.76. The molecular formula is C22H16Cl2O6. The fraction of sp³-hybridized carbons (Fsp3) is 0.0909. The number of benzene rings is 3. The Morgan fingerprint density at radius 3 is 1.33 bits per heavy atom. The molecule has 0 saturated carbocycles. The molecule has 30 heavy (non-hydrogen) atoms. The standard InChI is InChI=1S/C22H16Cl2O6/c23-17-15(21(27)29-11-13-7-3-1-4-8-13)19(25)18(24)16(20(17)26)22(28)30-12-14-9-5-2-6-10-14/h1-10,25-26H,11-12H2. The first-order valence-corrected chi connectivity index (χ1v) is 9.50. The summed E-state index contributed by atoms with van der Waals surface area (Å²) in [6, 6.07) is 17.7. The van der Waals surface area contributed by atoms with Crippen LogP contribution in [0.1, 0.15) is 31.8 Å². The summed E-state index contributed by atoms with van der Waals surface area (Å²) in [4.78, 5) is 24.8. The monoisotopic (exact) mass is 446 g/mol. The zero-order valence-corrected chi connectivity index (χ0v) is 17.0. The zero-order chi connectivity index (χ0) is 21.7. The van der Waals surface area contributed by atoms with E-state index in [4.69, 9.17) is 32.7 Å². The number of hydrogen-bond acceptors (Lipinski definition) is 6. The average molecular weight is 447 g/mol. The summed E-state index contributed by atoms with van der Waals surface area (Å²) < 4.78 is 10.2. The lowest BCUT2D eigenvalue weighted by atomic mass is 10.1. The van der Waals surface area contributed by atoms with Crippen molar-refractivity contribution < 1.29 is 29.3 Å². The molecule has 0 bridgehead atoms. The second-order valence-electron chi connectivity index (χ2n) is 6.20. The maximum atomic E-state index is 12.4. The molecule has 0 aliphatic rings. The van der Waals surface area contributed by atoms with E-state index in [0.717, 1.165) is 0 Å². The van der Waals surface area contributed by atoms with E-state index >= 15 is 0 Å². The molecule has 0 aliphatic carbocycles.